The van der Waals surface area contributed by atoms with Gasteiger partial charge in [0.2, 0.25) is 0 Å². The van der Waals surface area contributed by atoms with Gasteiger partial charge in [0.15, 0.2) is 0 Å². The zero-order chi connectivity index (χ0) is 14.8. The van der Waals surface area contributed by atoms with Crippen LogP contribution in [0.1, 0.15) is 46.2 Å². The van der Waals surface area contributed by atoms with Gasteiger partial charge in [0, 0.05) is 30.4 Å². The summed E-state index contributed by atoms with van der Waals surface area (Å²) in [4.78, 5) is 2.29. The number of ether oxygens (including phenoxy) is 1. The molecular weight excluding hydrogens is 236 g/mol. The normalized spacial score (nSPS) is 14.9. The van der Waals surface area contributed by atoms with Crippen molar-refractivity contribution in [3.8, 4) is 5.75 Å². The molecule has 19 heavy (non-hydrogen) atoms. The maximum atomic E-state index is 6.13. The van der Waals surface area contributed by atoms with Gasteiger partial charge in [-0.1, -0.05) is 26.8 Å². The second-order valence-corrected chi connectivity index (χ2v) is 6.33. The zero-order valence-electron chi connectivity index (χ0n) is 13.3. The molecule has 0 fully saturated rings. The van der Waals surface area contributed by atoms with Crippen LogP contribution in [-0.4, -0.2) is 20.2 Å². The molecule has 0 aliphatic rings. The standard InChI is InChI=1S/C16H28N2O/c1-11(17)15-13(9-8-10-14(15)19-7)18(6)12(2)16(3,4)5/h8-12H,17H2,1-7H3/t11-,12?/m1/s1. The highest BCUT2D eigenvalue weighted by atomic mass is 16.5. The molecule has 2 N–H and O–H groups in total. The maximum absolute atomic E-state index is 6.13. The summed E-state index contributed by atoms with van der Waals surface area (Å²) in [5.41, 5.74) is 8.56. The third-order valence-electron chi connectivity index (χ3n) is 3.93. The highest BCUT2D eigenvalue weighted by Gasteiger charge is 2.26. The number of rotatable bonds is 4. The molecule has 0 aliphatic carbocycles. The van der Waals surface area contributed by atoms with Crippen LogP contribution in [0.15, 0.2) is 18.2 Å². The van der Waals surface area contributed by atoms with Gasteiger partial charge in [0.25, 0.3) is 0 Å². The van der Waals surface area contributed by atoms with Gasteiger partial charge in [0.05, 0.1) is 7.11 Å². The van der Waals surface area contributed by atoms with Crippen molar-refractivity contribution in [3.63, 3.8) is 0 Å². The fraction of sp³-hybridized carbons (Fsp3) is 0.625. The summed E-state index contributed by atoms with van der Waals surface area (Å²) in [5, 5.41) is 0. The highest BCUT2D eigenvalue weighted by Crippen LogP contribution is 2.36. The van der Waals surface area contributed by atoms with Gasteiger partial charge in [-0.3, -0.25) is 0 Å². The first-order valence-electron chi connectivity index (χ1n) is 6.85. The van der Waals surface area contributed by atoms with Gasteiger partial charge in [-0.15, -0.1) is 0 Å². The van der Waals surface area contributed by atoms with Crippen molar-refractivity contribution in [2.45, 2.75) is 46.7 Å². The van der Waals surface area contributed by atoms with E-state index in [2.05, 4.69) is 45.7 Å². The monoisotopic (exact) mass is 264 g/mol. The Labute approximate surface area is 117 Å². The number of nitrogens with zero attached hydrogens (tertiary/aromatic N) is 1. The minimum Gasteiger partial charge on any atom is -0.496 e. The Bertz CT molecular complexity index is 421. The van der Waals surface area contributed by atoms with E-state index in [0.29, 0.717) is 6.04 Å². The molecule has 1 unspecified atom stereocenters. The summed E-state index contributed by atoms with van der Waals surface area (Å²) in [7, 11) is 3.81. The molecule has 0 aliphatic heterocycles. The number of hydrogen-bond acceptors (Lipinski definition) is 3. The molecule has 0 bridgehead atoms. The Kier molecular flexibility index (Phi) is 4.86. The Morgan fingerprint density at radius 2 is 1.79 bits per heavy atom. The third kappa shape index (κ3) is 3.41. The lowest BCUT2D eigenvalue weighted by Crippen LogP contribution is -2.40. The second-order valence-electron chi connectivity index (χ2n) is 6.33. The largest absolute Gasteiger partial charge is 0.496 e. The van der Waals surface area contributed by atoms with Crippen LogP contribution >= 0.6 is 0 Å². The first-order valence-corrected chi connectivity index (χ1v) is 6.85. The van der Waals surface area contributed by atoms with Gasteiger partial charge in [-0.05, 0) is 31.4 Å². The van der Waals surface area contributed by atoms with E-state index in [4.69, 9.17) is 10.5 Å². The van der Waals surface area contributed by atoms with E-state index in [1.54, 1.807) is 7.11 Å². The molecule has 0 saturated carbocycles. The molecule has 3 heteroatoms. The van der Waals surface area contributed by atoms with Crippen molar-refractivity contribution in [3.05, 3.63) is 23.8 Å². The van der Waals surface area contributed by atoms with Crippen LogP contribution in [0.4, 0.5) is 5.69 Å². The highest BCUT2D eigenvalue weighted by molar-refractivity contribution is 5.61. The van der Waals surface area contributed by atoms with Crippen LogP contribution in [0.2, 0.25) is 0 Å². The van der Waals surface area contributed by atoms with Crippen LogP contribution in [0.25, 0.3) is 0 Å². The SMILES string of the molecule is COc1cccc(N(C)C(C)C(C)(C)C)c1[C@@H](C)N. The lowest BCUT2D eigenvalue weighted by molar-refractivity contribution is 0.328. The summed E-state index contributed by atoms with van der Waals surface area (Å²) in [6.45, 7) is 11.0. The molecule has 3 nitrogen and oxygen atoms in total. The van der Waals surface area contributed by atoms with E-state index in [9.17, 15) is 0 Å². The average molecular weight is 264 g/mol. The predicted octanol–water partition coefficient (Wildman–Crippen LogP) is 3.59. The summed E-state index contributed by atoms with van der Waals surface area (Å²) in [6, 6.07) is 6.45. The molecular formula is C16H28N2O. The minimum atomic E-state index is -0.0548. The minimum absolute atomic E-state index is 0.0548. The van der Waals surface area contributed by atoms with E-state index in [-0.39, 0.29) is 11.5 Å². The molecule has 108 valence electrons. The van der Waals surface area contributed by atoms with E-state index < -0.39 is 0 Å². The number of methoxy groups -OCH3 is 1. The van der Waals surface area contributed by atoms with E-state index in [0.717, 1.165) is 17.0 Å². The molecule has 1 aromatic rings. The third-order valence-corrected chi connectivity index (χ3v) is 3.93. The molecule has 0 spiro atoms. The first kappa shape index (κ1) is 15.8. The number of nitrogens with two attached hydrogens (primary N) is 1. The van der Waals surface area contributed by atoms with Gasteiger partial charge in [-0.25, -0.2) is 0 Å². The Hall–Kier alpha value is -1.22. The molecule has 0 amide bonds. The number of hydrogen-bond donors (Lipinski definition) is 1. The van der Waals surface area contributed by atoms with E-state index in [1.807, 2.05) is 19.1 Å². The summed E-state index contributed by atoms with van der Waals surface area (Å²) >= 11 is 0. The second kappa shape index (κ2) is 5.83. The van der Waals surface area contributed by atoms with Crippen molar-refractivity contribution in [1.82, 2.24) is 0 Å². The fourth-order valence-electron chi connectivity index (χ4n) is 2.27. The molecule has 0 saturated heterocycles. The number of anilines is 1. The van der Waals surface area contributed by atoms with E-state index >= 15 is 0 Å². The summed E-state index contributed by atoms with van der Waals surface area (Å²) in [5.74, 6) is 0.862. The molecule has 0 radical (unpaired) electrons. The van der Waals surface area contributed by atoms with Crippen molar-refractivity contribution in [1.29, 1.82) is 0 Å². The molecule has 0 heterocycles. The molecule has 1 aromatic carbocycles. The Morgan fingerprint density at radius 1 is 1.21 bits per heavy atom. The van der Waals surface area contributed by atoms with Crippen molar-refractivity contribution >= 4 is 5.69 Å². The Morgan fingerprint density at radius 3 is 2.21 bits per heavy atom. The molecule has 0 aromatic heterocycles. The van der Waals surface area contributed by atoms with Gasteiger partial charge >= 0.3 is 0 Å². The van der Waals surface area contributed by atoms with Crippen LogP contribution in [0.5, 0.6) is 5.75 Å². The topological polar surface area (TPSA) is 38.5 Å². The van der Waals surface area contributed by atoms with E-state index in [1.165, 1.54) is 0 Å². The molecule has 1 rings (SSSR count). The smallest absolute Gasteiger partial charge is 0.125 e. The number of benzene rings is 1. The van der Waals surface area contributed by atoms with Gasteiger partial charge in [-0.2, -0.15) is 0 Å². The lowest BCUT2D eigenvalue weighted by atomic mass is 9.86. The predicted molar refractivity (Wildman–Crippen MR) is 82.9 cm³/mol. The van der Waals surface area contributed by atoms with Crippen LogP contribution in [0.3, 0.4) is 0 Å². The van der Waals surface area contributed by atoms with Gasteiger partial charge < -0.3 is 15.4 Å². The van der Waals surface area contributed by atoms with Gasteiger partial charge in [0.1, 0.15) is 5.75 Å². The van der Waals surface area contributed by atoms with Crippen LogP contribution in [-0.2, 0) is 0 Å². The van der Waals surface area contributed by atoms with Crippen LogP contribution in [0, 0.1) is 5.41 Å². The lowest BCUT2D eigenvalue weighted by Gasteiger charge is -2.38. The van der Waals surface area contributed by atoms with Crippen molar-refractivity contribution < 1.29 is 4.74 Å². The fourth-order valence-corrected chi connectivity index (χ4v) is 2.27. The quantitative estimate of drug-likeness (QED) is 0.903. The average Bonchev–Trinajstić information content (AvgIpc) is 2.34. The maximum Gasteiger partial charge on any atom is 0.125 e. The Balaban J connectivity index is 3.27. The molecule has 2 atom stereocenters. The summed E-state index contributed by atoms with van der Waals surface area (Å²) < 4.78 is 5.46. The zero-order valence-corrected chi connectivity index (χ0v) is 13.3. The first-order chi connectivity index (χ1) is 8.70. The summed E-state index contributed by atoms with van der Waals surface area (Å²) in [6.07, 6.45) is 0. The van der Waals surface area contributed by atoms with Crippen molar-refractivity contribution in [2.75, 3.05) is 19.1 Å². The van der Waals surface area contributed by atoms with Crippen LogP contribution < -0.4 is 15.4 Å². The van der Waals surface area contributed by atoms with Crippen molar-refractivity contribution in [2.24, 2.45) is 11.1 Å².